The van der Waals surface area contributed by atoms with Gasteiger partial charge >= 0.3 is 0 Å². The van der Waals surface area contributed by atoms with Gasteiger partial charge in [0.25, 0.3) is 0 Å². The molecule has 0 unspecified atom stereocenters. The van der Waals surface area contributed by atoms with Crippen molar-refractivity contribution in [2.24, 2.45) is 7.05 Å². The van der Waals surface area contributed by atoms with E-state index in [2.05, 4.69) is 14.8 Å². The Morgan fingerprint density at radius 3 is 2.92 bits per heavy atom. The number of hydrogen-bond acceptors (Lipinski definition) is 6. The van der Waals surface area contributed by atoms with Gasteiger partial charge in [0.05, 0.1) is 17.9 Å². The molecular weight excluding hydrogens is 350 g/mol. The lowest BCUT2D eigenvalue weighted by molar-refractivity contribution is -0.130. The predicted molar refractivity (Wildman–Crippen MR) is 91.1 cm³/mol. The van der Waals surface area contributed by atoms with E-state index in [1.54, 1.807) is 9.58 Å². The highest BCUT2D eigenvalue weighted by Crippen LogP contribution is 2.27. The van der Waals surface area contributed by atoms with E-state index in [0.29, 0.717) is 6.54 Å². The number of sulfonamides is 1. The standard InChI is InChI=1S/C14H19N5O3S2/c1-10-12(23-14(16-10)11-3-5-18(2)17-11)9-13(20)19-6-4-15-24(21,22)8-7-19/h3,5,15H,4,6-9H2,1-2H3. The highest BCUT2D eigenvalue weighted by Gasteiger charge is 2.23. The van der Waals surface area contributed by atoms with Crippen molar-refractivity contribution in [1.82, 2.24) is 24.4 Å². The minimum atomic E-state index is -3.26. The zero-order valence-electron chi connectivity index (χ0n) is 13.5. The molecule has 10 heteroatoms. The molecule has 3 rings (SSSR count). The summed E-state index contributed by atoms with van der Waals surface area (Å²) in [6, 6.07) is 1.88. The van der Waals surface area contributed by atoms with Crippen LogP contribution in [0, 0.1) is 6.92 Å². The topological polar surface area (TPSA) is 97.2 Å². The number of nitrogens with zero attached hydrogens (tertiary/aromatic N) is 4. The van der Waals surface area contributed by atoms with E-state index < -0.39 is 10.0 Å². The molecule has 24 heavy (non-hydrogen) atoms. The molecule has 1 aliphatic heterocycles. The smallest absolute Gasteiger partial charge is 0.227 e. The lowest BCUT2D eigenvalue weighted by Crippen LogP contribution is -2.35. The highest BCUT2D eigenvalue weighted by atomic mass is 32.2. The summed E-state index contributed by atoms with van der Waals surface area (Å²) in [5.74, 6) is -0.132. The second-order valence-corrected chi connectivity index (χ2v) is 8.68. The van der Waals surface area contributed by atoms with E-state index in [1.165, 1.54) is 11.3 Å². The van der Waals surface area contributed by atoms with Gasteiger partial charge in [-0.15, -0.1) is 11.3 Å². The molecule has 1 aliphatic rings. The van der Waals surface area contributed by atoms with E-state index in [4.69, 9.17) is 0 Å². The second-order valence-electron chi connectivity index (χ2n) is 5.67. The number of amides is 1. The second kappa shape index (κ2) is 6.61. The van der Waals surface area contributed by atoms with Crippen LogP contribution in [-0.2, 0) is 28.3 Å². The Bertz CT molecular complexity index is 856. The first kappa shape index (κ1) is 17.1. The van der Waals surface area contributed by atoms with Gasteiger partial charge in [0, 0.05) is 37.8 Å². The first-order valence-electron chi connectivity index (χ1n) is 7.55. The van der Waals surface area contributed by atoms with Crippen LogP contribution in [0.4, 0.5) is 0 Å². The van der Waals surface area contributed by atoms with Crippen LogP contribution < -0.4 is 4.72 Å². The van der Waals surface area contributed by atoms with E-state index in [9.17, 15) is 13.2 Å². The van der Waals surface area contributed by atoms with Crippen LogP contribution >= 0.6 is 11.3 Å². The number of thiazole rings is 1. The van der Waals surface area contributed by atoms with Crippen LogP contribution in [0.3, 0.4) is 0 Å². The van der Waals surface area contributed by atoms with Gasteiger partial charge in [0.15, 0.2) is 0 Å². The molecule has 8 nitrogen and oxygen atoms in total. The molecule has 3 heterocycles. The Morgan fingerprint density at radius 1 is 1.42 bits per heavy atom. The summed E-state index contributed by atoms with van der Waals surface area (Å²) < 4.78 is 27.3. The molecule has 0 atom stereocenters. The zero-order valence-corrected chi connectivity index (χ0v) is 15.2. The lowest BCUT2D eigenvalue weighted by atomic mass is 10.2. The van der Waals surface area contributed by atoms with Gasteiger partial charge in [-0.25, -0.2) is 18.1 Å². The molecule has 1 N–H and O–H groups in total. The Balaban J connectivity index is 1.71. The Kier molecular flexibility index (Phi) is 4.70. The maximum absolute atomic E-state index is 12.5. The predicted octanol–water partition coefficient (Wildman–Crippen LogP) is 0.156. The van der Waals surface area contributed by atoms with Gasteiger partial charge in [-0.05, 0) is 13.0 Å². The van der Waals surface area contributed by atoms with Crippen molar-refractivity contribution in [3.05, 3.63) is 22.8 Å². The SMILES string of the molecule is Cc1nc(-c2ccn(C)n2)sc1CC(=O)N1CCNS(=O)(=O)CC1. The molecular formula is C14H19N5O3S2. The average molecular weight is 369 g/mol. The van der Waals surface area contributed by atoms with Crippen LogP contribution in [0.15, 0.2) is 12.3 Å². The Labute approximate surface area is 144 Å². The number of aromatic nitrogens is 3. The molecule has 0 saturated carbocycles. The van der Waals surface area contributed by atoms with Crippen molar-refractivity contribution < 1.29 is 13.2 Å². The number of carbonyl (C=O) groups is 1. The van der Waals surface area contributed by atoms with E-state index in [-0.39, 0.29) is 31.2 Å². The van der Waals surface area contributed by atoms with Crippen molar-refractivity contribution in [3.63, 3.8) is 0 Å². The van der Waals surface area contributed by atoms with Gasteiger partial charge in [0.1, 0.15) is 10.7 Å². The fourth-order valence-corrected chi connectivity index (χ4v) is 4.51. The number of hydrogen-bond donors (Lipinski definition) is 1. The number of rotatable bonds is 3. The highest BCUT2D eigenvalue weighted by molar-refractivity contribution is 7.89. The maximum Gasteiger partial charge on any atom is 0.227 e. The summed E-state index contributed by atoms with van der Waals surface area (Å²) in [5, 5.41) is 5.11. The van der Waals surface area contributed by atoms with Gasteiger partial charge in [-0.3, -0.25) is 9.48 Å². The molecule has 1 fully saturated rings. The van der Waals surface area contributed by atoms with Crippen LogP contribution in [0.2, 0.25) is 0 Å². The number of carbonyl (C=O) groups excluding carboxylic acids is 1. The summed E-state index contributed by atoms with van der Waals surface area (Å²) in [7, 11) is -1.42. The third-order valence-corrected chi connectivity index (χ3v) is 6.37. The van der Waals surface area contributed by atoms with E-state index in [1.807, 2.05) is 26.2 Å². The molecule has 0 aromatic carbocycles. The first-order valence-corrected chi connectivity index (χ1v) is 10.0. The summed E-state index contributed by atoms with van der Waals surface area (Å²) in [4.78, 5) is 19.5. The van der Waals surface area contributed by atoms with Crippen molar-refractivity contribution in [1.29, 1.82) is 0 Å². The van der Waals surface area contributed by atoms with Crippen molar-refractivity contribution >= 4 is 27.3 Å². The third kappa shape index (κ3) is 3.82. The van der Waals surface area contributed by atoms with Crippen molar-refractivity contribution in [2.75, 3.05) is 25.4 Å². The minimum absolute atomic E-state index is 0.0560. The largest absolute Gasteiger partial charge is 0.340 e. The lowest BCUT2D eigenvalue weighted by Gasteiger charge is -2.18. The molecule has 0 radical (unpaired) electrons. The molecule has 1 saturated heterocycles. The normalized spacial score (nSPS) is 17.7. The molecule has 2 aromatic heterocycles. The quantitative estimate of drug-likeness (QED) is 0.831. The molecule has 1 amide bonds. The van der Waals surface area contributed by atoms with E-state index >= 15 is 0 Å². The van der Waals surface area contributed by atoms with Crippen LogP contribution in [0.5, 0.6) is 0 Å². The van der Waals surface area contributed by atoms with Crippen LogP contribution in [0.25, 0.3) is 10.7 Å². The molecule has 0 bridgehead atoms. The fraction of sp³-hybridized carbons (Fsp3) is 0.500. The van der Waals surface area contributed by atoms with Crippen LogP contribution in [-0.4, -0.2) is 59.4 Å². The molecule has 0 aliphatic carbocycles. The van der Waals surface area contributed by atoms with Crippen molar-refractivity contribution in [2.45, 2.75) is 13.3 Å². The van der Waals surface area contributed by atoms with E-state index in [0.717, 1.165) is 21.3 Å². The maximum atomic E-state index is 12.5. The number of nitrogens with one attached hydrogen (secondary N) is 1. The third-order valence-electron chi connectivity index (χ3n) is 3.82. The Hall–Kier alpha value is -1.78. The minimum Gasteiger partial charge on any atom is -0.340 e. The Morgan fingerprint density at radius 2 is 2.21 bits per heavy atom. The number of aryl methyl sites for hydroxylation is 2. The fourth-order valence-electron chi connectivity index (χ4n) is 2.48. The average Bonchev–Trinajstić information content (AvgIpc) is 3.03. The van der Waals surface area contributed by atoms with Crippen LogP contribution in [0.1, 0.15) is 10.6 Å². The summed E-state index contributed by atoms with van der Waals surface area (Å²) >= 11 is 1.45. The molecule has 0 spiro atoms. The molecule has 2 aromatic rings. The summed E-state index contributed by atoms with van der Waals surface area (Å²) in [6.45, 7) is 2.75. The van der Waals surface area contributed by atoms with Gasteiger partial charge in [-0.1, -0.05) is 0 Å². The van der Waals surface area contributed by atoms with Gasteiger partial charge in [0.2, 0.25) is 15.9 Å². The van der Waals surface area contributed by atoms with Gasteiger partial charge in [-0.2, -0.15) is 5.10 Å². The zero-order chi connectivity index (χ0) is 17.3. The molecule has 130 valence electrons. The van der Waals surface area contributed by atoms with Crippen molar-refractivity contribution in [3.8, 4) is 10.7 Å². The monoisotopic (exact) mass is 369 g/mol. The first-order chi connectivity index (χ1) is 11.3. The summed E-state index contributed by atoms with van der Waals surface area (Å²) in [5.41, 5.74) is 1.60. The van der Waals surface area contributed by atoms with Gasteiger partial charge < -0.3 is 4.90 Å². The summed E-state index contributed by atoms with van der Waals surface area (Å²) in [6.07, 6.45) is 2.08.